The van der Waals surface area contributed by atoms with Gasteiger partial charge in [-0.2, -0.15) is 0 Å². The standard InChI is InChI=1S/C25H20N2O5S/c1-16-2-11-21-22(12-16)33-25(27-21)18-5-7-19(8-6-18)26-23(29)14-32-24(30)15-31-20-9-3-17(13-28)4-10-20/h2-13H,14-15H2,1H3,(H,26,29). The van der Waals surface area contributed by atoms with Crippen molar-refractivity contribution < 1.29 is 23.9 Å². The van der Waals surface area contributed by atoms with Gasteiger partial charge in [-0.1, -0.05) is 6.07 Å². The van der Waals surface area contributed by atoms with Gasteiger partial charge >= 0.3 is 5.97 Å². The fraction of sp³-hybridized carbons (Fsp3) is 0.120. The lowest BCUT2D eigenvalue weighted by Crippen LogP contribution is -2.23. The highest BCUT2D eigenvalue weighted by Crippen LogP contribution is 2.31. The van der Waals surface area contributed by atoms with Gasteiger partial charge in [0.1, 0.15) is 17.0 Å². The van der Waals surface area contributed by atoms with E-state index in [2.05, 4.69) is 23.3 Å². The van der Waals surface area contributed by atoms with Gasteiger partial charge in [0.2, 0.25) is 0 Å². The quantitative estimate of drug-likeness (QED) is 0.304. The van der Waals surface area contributed by atoms with Crippen LogP contribution in [0.1, 0.15) is 15.9 Å². The summed E-state index contributed by atoms with van der Waals surface area (Å²) in [6, 6.07) is 19.8. The first-order valence-electron chi connectivity index (χ1n) is 10.1. The third-order valence-electron chi connectivity index (χ3n) is 4.70. The Morgan fingerprint density at radius 3 is 2.48 bits per heavy atom. The van der Waals surface area contributed by atoms with Gasteiger partial charge in [-0.3, -0.25) is 9.59 Å². The largest absolute Gasteiger partial charge is 0.482 e. The lowest BCUT2D eigenvalue weighted by Gasteiger charge is -2.08. The normalized spacial score (nSPS) is 10.6. The molecule has 1 heterocycles. The van der Waals surface area contributed by atoms with Crippen LogP contribution in [-0.4, -0.2) is 36.4 Å². The fourth-order valence-electron chi connectivity index (χ4n) is 3.02. The summed E-state index contributed by atoms with van der Waals surface area (Å²) in [6.45, 7) is 1.28. The Balaban J connectivity index is 1.25. The average molecular weight is 461 g/mol. The summed E-state index contributed by atoms with van der Waals surface area (Å²) in [6.07, 6.45) is 0.714. The summed E-state index contributed by atoms with van der Waals surface area (Å²) < 4.78 is 11.3. The van der Waals surface area contributed by atoms with Gasteiger partial charge in [0, 0.05) is 16.8 Å². The summed E-state index contributed by atoms with van der Waals surface area (Å²) in [5, 5.41) is 3.60. The number of amides is 1. The van der Waals surface area contributed by atoms with Crippen molar-refractivity contribution in [2.45, 2.75) is 6.92 Å². The number of hydrogen-bond donors (Lipinski definition) is 1. The molecule has 1 N–H and O–H groups in total. The number of nitrogens with one attached hydrogen (secondary N) is 1. The molecule has 0 saturated heterocycles. The minimum atomic E-state index is -0.675. The number of benzene rings is 3. The molecule has 0 unspecified atom stereocenters. The number of aldehydes is 1. The molecule has 1 amide bonds. The number of aryl methyl sites for hydroxylation is 1. The van der Waals surface area contributed by atoms with Crippen molar-refractivity contribution in [2.75, 3.05) is 18.5 Å². The summed E-state index contributed by atoms with van der Waals surface area (Å²) in [5.41, 5.74) is 4.20. The Morgan fingerprint density at radius 2 is 1.76 bits per heavy atom. The number of esters is 1. The predicted octanol–water partition coefficient (Wildman–Crippen LogP) is 4.64. The Morgan fingerprint density at radius 1 is 1.00 bits per heavy atom. The molecule has 1 aromatic heterocycles. The number of anilines is 1. The van der Waals surface area contributed by atoms with E-state index in [4.69, 9.17) is 9.47 Å². The molecular formula is C25H20N2O5S. The molecule has 7 nitrogen and oxygen atoms in total. The maximum absolute atomic E-state index is 12.1. The lowest BCUT2D eigenvalue weighted by atomic mass is 10.2. The number of ether oxygens (including phenoxy) is 2. The number of nitrogens with zero attached hydrogens (tertiary/aromatic N) is 1. The van der Waals surface area contributed by atoms with Crippen LogP contribution in [0.5, 0.6) is 5.75 Å². The van der Waals surface area contributed by atoms with Crippen molar-refractivity contribution in [2.24, 2.45) is 0 Å². The topological polar surface area (TPSA) is 94.6 Å². The van der Waals surface area contributed by atoms with E-state index in [0.29, 0.717) is 23.3 Å². The number of carbonyl (C=O) groups is 3. The number of carbonyl (C=O) groups excluding carboxylic acids is 3. The first-order chi connectivity index (χ1) is 16.0. The summed E-state index contributed by atoms with van der Waals surface area (Å²) in [7, 11) is 0. The minimum absolute atomic E-state index is 0.343. The average Bonchev–Trinajstić information content (AvgIpc) is 3.25. The fourth-order valence-corrected chi connectivity index (χ4v) is 4.09. The van der Waals surface area contributed by atoms with Crippen LogP contribution in [0.2, 0.25) is 0 Å². The molecule has 4 rings (SSSR count). The molecule has 0 atom stereocenters. The van der Waals surface area contributed by atoms with Gasteiger partial charge in [0.25, 0.3) is 5.91 Å². The van der Waals surface area contributed by atoms with Crippen LogP contribution in [0.4, 0.5) is 5.69 Å². The van der Waals surface area contributed by atoms with E-state index in [1.165, 1.54) is 5.56 Å². The second kappa shape index (κ2) is 10.1. The molecule has 166 valence electrons. The van der Waals surface area contributed by atoms with E-state index < -0.39 is 18.5 Å². The molecule has 0 bridgehead atoms. The summed E-state index contributed by atoms with van der Waals surface area (Å²) >= 11 is 1.62. The van der Waals surface area contributed by atoms with Crippen LogP contribution < -0.4 is 10.1 Å². The van der Waals surface area contributed by atoms with Crippen molar-refractivity contribution in [1.82, 2.24) is 4.98 Å². The van der Waals surface area contributed by atoms with Crippen LogP contribution in [0.3, 0.4) is 0 Å². The Hall–Kier alpha value is -4.04. The van der Waals surface area contributed by atoms with Crippen LogP contribution >= 0.6 is 11.3 Å². The minimum Gasteiger partial charge on any atom is -0.482 e. The maximum atomic E-state index is 12.1. The van der Waals surface area contributed by atoms with E-state index in [9.17, 15) is 14.4 Å². The SMILES string of the molecule is Cc1ccc2nc(-c3ccc(NC(=O)COC(=O)COc4ccc(C=O)cc4)cc3)sc2c1. The lowest BCUT2D eigenvalue weighted by molar-refractivity contribution is -0.149. The van der Waals surface area contributed by atoms with Crippen molar-refractivity contribution in [3.8, 4) is 16.3 Å². The van der Waals surface area contributed by atoms with E-state index >= 15 is 0 Å². The van der Waals surface area contributed by atoms with Crippen LogP contribution in [0, 0.1) is 6.92 Å². The van der Waals surface area contributed by atoms with Crippen molar-refractivity contribution >= 4 is 45.4 Å². The van der Waals surface area contributed by atoms with Crippen LogP contribution in [-0.2, 0) is 14.3 Å². The third kappa shape index (κ3) is 5.81. The highest BCUT2D eigenvalue weighted by molar-refractivity contribution is 7.21. The zero-order valence-electron chi connectivity index (χ0n) is 17.7. The van der Waals surface area contributed by atoms with Gasteiger partial charge in [-0.15, -0.1) is 11.3 Å². The number of thiazole rings is 1. The molecule has 3 aromatic carbocycles. The second-order valence-electron chi connectivity index (χ2n) is 7.25. The summed E-state index contributed by atoms with van der Waals surface area (Å²) in [4.78, 5) is 39.2. The highest BCUT2D eigenvalue weighted by atomic mass is 32.1. The van der Waals surface area contributed by atoms with Gasteiger partial charge in [-0.25, -0.2) is 9.78 Å². The Kier molecular flexibility index (Phi) is 6.75. The van der Waals surface area contributed by atoms with Crippen molar-refractivity contribution in [3.05, 3.63) is 77.9 Å². The molecule has 0 spiro atoms. The molecule has 4 aromatic rings. The van der Waals surface area contributed by atoms with E-state index in [0.717, 1.165) is 20.8 Å². The highest BCUT2D eigenvalue weighted by Gasteiger charge is 2.10. The number of hydrogen-bond acceptors (Lipinski definition) is 7. The molecule has 0 aliphatic rings. The molecule has 0 aliphatic carbocycles. The van der Waals surface area contributed by atoms with E-state index in [1.54, 1.807) is 47.7 Å². The smallest absolute Gasteiger partial charge is 0.344 e. The van der Waals surface area contributed by atoms with Crippen molar-refractivity contribution in [3.63, 3.8) is 0 Å². The van der Waals surface area contributed by atoms with E-state index in [1.807, 2.05) is 24.3 Å². The van der Waals surface area contributed by atoms with Crippen LogP contribution in [0.15, 0.2) is 66.7 Å². The van der Waals surface area contributed by atoms with E-state index in [-0.39, 0.29) is 6.61 Å². The number of rotatable bonds is 8. The third-order valence-corrected chi connectivity index (χ3v) is 5.76. The zero-order valence-corrected chi connectivity index (χ0v) is 18.6. The molecule has 33 heavy (non-hydrogen) atoms. The predicted molar refractivity (Wildman–Crippen MR) is 127 cm³/mol. The molecule has 0 radical (unpaired) electrons. The number of fused-ring (bicyclic) bond motifs is 1. The van der Waals surface area contributed by atoms with Crippen molar-refractivity contribution in [1.29, 1.82) is 0 Å². The Labute approximate surface area is 194 Å². The molecule has 0 fully saturated rings. The first kappa shape index (κ1) is 22.2. The van der Waals surface area contributed by atoms with Crippen LogP contribution in [0.25, 0.3) is 20.8 Å². The monoisotopic (exact) mass is 460 g/mol. The van der Waals surface area contributed by atoms with Gasteiger partial charge in [0.05, 0.1) is 10.2 Å². The van der Waals surface area contributed by atoms with Gasteiger partial charge in [0.15, 0.2) is 13.2 Å². The zero-order chi connectivity index (χ0) is 23.2. The van der Waals surface area contributed by atoms with Gasteiger partial charge in [-0.05, 0) is 73.2 Å². The Bertz CT molecular complexity index is 1300. The van der Waals surface area contributed by atoms with Gasteiger partial charge < -0.3 is 14.8 Å². The maximum Gasteiger partial charge on any atom is 0.344 e. The molecule has 0 saturated carbocycles. The summed E-state index contributed by atoms with van der Waals surface area (Å²) in [5.74, 6) is -0.710. The number of aromatic nitrogens is 1. The molecular weight excluding hydrogens is 440 g/mol. The molecule has 8 heteroatoms. The molecule has 0 aliphatic heterocycles. The first-order valence-corrected chi connectivity index (χ1v) is 10.9. The second-order valence-corrected chi connectivity index (χ2v) is 8.28.